The van der Waals surface area contributed by atoms with Gasteiger partial charge in [-0.2, -0.15) is 0 Å². The van der Waals surface area contributed by atoms with Gasteiger partial charge in [0.05, 0.1) is 6.42 Å². The second-order valence-electron chi connectivity index (χ2n) is 9.19. The van der Waals surface area contributed by atoms with Gasteiger partial charge < -0.3 is 25.8 Å². The number of hydrogen-bond donors (Lipinski definition) is 4. The van der Waals surface area contributed by atoms with Gasteiger partial charge in [-0.3, -0.25) is 14.4 Å². The molecule has 1 aromatic carbocycles. The van der Waals surface area contributed by atoms with E-state index in [-0.39, 0.29) is 24.9 Å². The Labute approximate surface area is 210 Å². The zero-order chi connectivity index (χ0) is 27.3. The average Bonchev–Trinajstić information content (AvgIpc) is 2.79. The molecule has 11 heteroatoms. The third-order valence-electron chi connectivity index (χ3n) is 5.55. The van der Waals surface area contributed by atoms with Crippen LogP contribution in [0.25, 0.3) is 0 Å². The average molecular weight is 514 g/mol. The van der Waals surface area contributed by atoms with Crippen molar-refractivity contribution in [1.29, 1.82) is 0 Å². The monoisotopic (exact) mass is 513 g/mol. The van der Waals surface area contributed by atoms with Gasteiger partial charge in [0, 0.05) is 12.5 Å². The molecule has 1 rings (SSSR count). The van der Waals surface area contributed by atoms with Crippen molar-refractivity contribution in [3.63, 3.8) is 0 Å². The lowest BCUT2D eigenvalue weighted by Crippen LogP contribution is -2.57. The summed E-state index contributed by atoms with van der Waals surface area (Å²) in [7, 11) is 0. The Morgan fingerprint density at radius 1 is 0.944 bits per heavy atom. The van der Waals surface area contributed by atoms with Crippen molar-refractivity contribution < 1.29 is 37.8 Å². The van der Waals surface area contributed by atoms with Crippen LogP contribution in [0.3, 0.4) is 0 Å². The molecule has 0 saturated heterocycles. The third-order valence-corrected chi connectivity index (χ3v) is 5.55. The summed E-state index contributed by atoms with van der Waals surface area (Å²) in [6.45, 7) is 7.22. The highest BCUT2D eigenvalue weighted by Gasteiger charge is 2.32. The Kier molecular flexibility index (Phi) is 13.4. The second kappa shape index (κ2) is 15.7. The van der Waals surface area contributed by atoms with E-state index in [4.69, 9.17) is 9.84 Å². The number of amides is 3. The van der Waals surface area contributed by atoms with E-state index in [1.807, 2.05) is 26.8 Å². The van der Waals surface area contributed by atoms with Crippen molar-refractivity contribution >= 4 is 23.9 Å². The summed E-state index contributed by atoms with van der Waals surface area (Å²) in [5, 5.41) is 16.5. The summed E-state index contributed by atoms with van der Waals surface area (Å²) in [4.78, 5) is 49.4. The fraction of sp³-hybridized carbons (Fsp3) is 0.600. The zero-order valence-corrected chi connectivity index (χ0v) is 21.1. The number of benzene rings is 1. The van der Waals surface area contributed by atoms with E-state index < -0.39 is 61.3 Å². The molecular weight excluding hydrogens is 476 g/mol. The van der Waals surface area contributed by atoms with Crippen LogP contribution in [0.4, 0.5) is 13.6 Å². The number of aliphatic carboxylic acids is 1. The van der Waals surface area contributed by atoms with Crippen LogP contribution < -0.4 is 16.0 Å². The Morgan fingerprint density at radius 2 is 1.58 bits per heavy atom. The Bertz CT molecular complexity index is 853. The Hall–Kier alpha value is -3.24. The third kappa shape index (κ3) is 11.9. The predicted octanol–water partition coefficient (Wildman–Crippen LogP) is 3.47. The first-order valence-electron chi connectivity index (χ1n) is 12.0. The van der Waals surface area contributed by atoms with Crippen molar-refractivity contribution in [2.75, 3.05) is 0 Å². The molecular formula is C25H37F2N3O6. The number of alkyl halides is 2. The number of carbonyl (C=O) groups excluding carboxylic acids is 3. The minimum Gasteiger partial charge on any atom is -0.481 e. The van der Waals surface area contributed by atoms with Gasteiger partial charge in [-0.1, -0.05) is 64.4 Å². The molecule has 0 bridgehead atoms. The first-order valence-corrected chi connectivity index (χ1v) is 12.0. The van der Waals surface area contributed by atoms with E-state index in [0.29, 0.717) is 6.42 Å². The molecule has 0 aliphatic rings. The lowest BCUT2D eigenvalue weighted by atomic mass is 9.96. The summed E-state index contributed by atoms with van der Waals surface area (Å²) in [5.74, 6) is -3.10. The first-order chi connectivity index (χ1) is 16.9. The summed E-state index contributed by atoms with van der Waals surface area (Å²) < 4.78 is 30.9. The lowest BCUT2D eigenvalue weighted by molar-refractivity contribution is -0.138. The zero-order valence-electron chi connectivity index (χ0n) is 21.1. The molecule has 0 saturated carbocycles. The van der Waals surface area contributed by atoms with Crippen LogP contribution in [0.5, 0.6) is 0 Å². The highest BCUT2D eigenvalue weighted by Crippen LogP contribution is 2.13. The molecule has 0 radical (unpaired) electrons. The largest absolute Gasteiger partial charge is 0.481 e. The standard InChI is InChI=1S/C25H37F2N3O6/c1-5-16(4)22(30-25(35)36-14-17-9-7-6-8-10-17)24(34)29-19(11-15(2)3)23(33)28-18(12-20(26)27)13-21(31)32/h6-10,15-16,18-20,22H,5,11-14H2,1-4H3,(H,28,33)(H,29,34)(H,30,35)(H,31,32)/t16?,18-,19-,22-/m0/s1. The first kappa shape index (κ1) is 30.8. The smallest absolute Gasteiger partial charge is 0.408 e. The molecule has 1 unspecified atom stereocenters. The van der Waals surface area contributed by atoms with Gasteiger partial charge >= 0.3 is 12.1 Å². The van der Waals surface area contributed by atoms with Gasteiger partial charge in [0.1, 0.15) is 18.7 Å². The molecule has 0 aromatic heterocycles. The maximum atomic E-state index is 13.1. The molecule has 4 atom stereocenters. The van der Waals surface area contributed by atoms with Crippen LogP contribution >= 0.6 is 0 Å². The van der Waals surface area contributed by atoms with Crippen molar-refractivity contribution in [2.45, 2.75) is 84.5 Å². The molecule has 36 heavy (non-hydrogen) atoms. The summed E-state index contributed by atoms with van der Waals surface area (Å²) in [6.07, 6.45) is -4.41. The van der Waals surface area contributed by atoms with Crippen LogP contribution in [0, 0.1) is 11.8 Å². The van der Waals surface area contributed by atoms with Crippen molar-refractivity contribution in [1.82, 2.24) is 16.0 Å². The Balaban J connectivity index is 2.92. The SMILES string of the molecule is CCC(C)[C@H](NC(=O)OCc1ccccc1)C(=O)N[C@@H](CC(C)C)C(=O)N[C@H](CC(=O)O)CC(F)F. The van der Waals surface area contributed by atoms with Gasteiger partial charge in [-0.25, -0.2) is 13.6 Å². The van der Waals surface area contributed by atoms with Crippen LogP contribution in [0.1, 0.15) is 58.9 Å². The molecule has 202 valence electrons. The fourth-order valence-electron chi connectivity index (χ4n) is 3.48. The van der Waals surface area contributed by atoms with E-state index >= 15 is 0 Å². The predicted molar refractivity (Wildman–Crippen MR) is 129 cm³/mol. The van der Waals surface area contributed by atoms with E-state index in [1.54, 1.807) is 31.2 Å². The van der Waals surface area contributed by atoms with Crippen molar-refractivity contribution in [3.8, 4) is 0 Å². The molecule has 3 amide bonds. The number of rotatable bonds is 15. The number of ether oxygens (including phenoxy) is 1. The number of carboxylic acid groups (broad SMARTS) is 1. The number of hydrogen-bond acceptors (Lipinski definition) is 5. The minimum absolute atomic E-state index is 0.00893. The van der Waals surface area contributed by atoms with E-state index in [1.165, 1.54) is 0 Å². The molecule has 9 nitrogen and oxygen atoms in total. The summed E-state index contributed by atoms with van der Waals surface area (Å²) >= 11 is 0. The van der Waals surface area contributed by atoms with Gasteiger partial charge in [0.25, 0.3) is 0 Å². The lowest BCUT2D eigenvalue weighted by Gasteiger charge is -2.28. The normalized spacial score (nSPS) is 14.4. The molecule has 0 fully saturated rings. The highest BCUT2D eigenvalue weighted by molar-refractivity contribution is 5.91. The summed E-state index contributed by atoms with van der Waals surface area (Å²) in [5.41, 5.74) is 0.769. The second-order valence-corrected chi connectivity index (χ2v) is 9.19. The molecule has 0 aliphatic carbocycles. The molecule has 4 N–H and O–H groups in total. The van der Waals surface area contributed by atoms with Crippen molar-refractivity contribution in [3.05, 3.63) is 35.9 Å². The maximum absolute atomic E-state index is 13.1. The van der Waals surface area contributed by atoms with Gasteiger partial charge in [0.2, 0.25) is 18.2 Å². The molecule has 0 heterocycles. The van der Waals surface area contributed by atoms with E-state index in [9.17, 15) is 28.0 Å². The van der Waals surface area contributed by atoms with E-state index in [2.05, 4.69) is 16.0 Å². The number of halogens is 2. The van der Waals surface area contributed by atoms with E-state index in [0.717, 1.165) is 5.56 Å². The highest BCUT2D eigenvalue weighted by atomic mass is 19.3. The number of alkyl carbamates (subject to hydrolysis) is 1. The van der Waals surface area contributed by atoms with Crippen LogP contribution in [0.15, 0.2) is 30.3 Å². The van der Waals surface area contributed by atoms with Gasteiger partial charge in [0.15, 0.2) is 0 Å². The fourth-order valence-corrected chi connectivity index (χ4v) is 3.48. The topological polar surface area (TPSA) is 134 Å². The molecule has 0 aliphatic heterocycles. The van der Waals surface area contributed by atoms with Gasteiger partial charge in [-0.05, 0) is 23.8 Å². The quantitative estimate of drug-likeness (QED) is 0.284. The number of nitrogens with one attached hydrogen (secondary N) is 3. The van der Waals surface area contributed by atoms with Crippen molar-refractivity contribution in [2.24, 2.45) is 11.8 Å². The van der Waals surface area contributed by atoms with Crippen LogP contribution in [-0.2, 0) is 25.7 Å². The number of carboxylic acids is 1. The van der Waals surface area contributed by atoms with Crippen LogP contribution in [-0.4, -0.2) is 53.5 Å². The molecule has 0 spiro atoms. The Morgan fingerprint density at radius 3 is 2.11 bits per heavy atom. The van der Waals surface area contributed by atoms with Gasteiger partial charge in [-0.15, -0.1) is 0 Å². The summed E-state index contributed by atoms with van der Waals surface area (Å²) in [6, 6.07) is 5.57. The number of carbonyl (C=O) groups is 4. The molecule has 1 aromatic rings. The minimum atomic E-state index is -2.81. The van der Waals surface area contributed by atoms with Crippen LogP contribution in [0.2, 0.25) is 0 Å². The maximum Gasteiger partial charge on any atom is 0.408 e.